The van der Waals surface area contributed by atoms with E-state index in [4.69, 9.17) is 15.2 Å². The van der Waals surface area contributed by atoms with Gasteiger partial charge in [-0.1, -0.05) is 180 Å². The van der Waals surface area contributed by atoms with Crippen LogP contribution in [0, 0.1) is 0 Å². The fraction of sp³-hybridized carbons (Fsp3) is 0.949. The van der Waals surface area contributed by atoms with E-state index in [0.29, 0.717) is 13.2 Å². The Morgan fingerprint density at radius 3 is 1.14 bits per heavy atom. The van der Waals surface area contributed by atoms with Crippen molar-refractivity contribution in [2.75, 3.05) is 26.4 Å². The maximum Gasteiger partial charge on any atom is 0.0930 e. The molecule has 1 atom stereocenters. The summed E-state index contributed by atoms with van der Waals surface area (Å²) in [5, 5.41) is 0. The highest BCUT2D eigenvalue weighted by atomic mass is 16.5. The summed E-state index contributed by atoms with van der Waals surface area (Å²) in [7, 11) is 0. The molecule has 0 spiro atoms. The van der Waals surface area contributed by atoms with Gasteiger partial charge in [0.2, 0.25) is 0 Å². The van der Waals surface area contributed by atoms with Crippen molar-refractivity contribution in [2.24, 2.45) is 5.73 Å². The number of rotatable bonds is 37. The van der Waals surface area contributed by atoms with Crippen LogP contribution in [0.5, 0.6) is 0 Å². The van der Waals surface area contributed by atoms with Crippen LogP contribution in [0.1, 0.15) is 206 Å². The molecule has 0 aromatic rings. The minimum atomic E-state index is 0.0641. The van der Waals surface area contributed by atoms with Crippen LogP contribution in [0.15, 0.2) is 12.2 Å². The van der Waals surface area contributed by atoms with Crippen molar-refractivity contribution >= 4 is 0 Å². The Hall–Kier alpha value is -0.380. The van der Waals surface area contributed by atoms with E-state index in [1.807, 2.05) is 0 Å². The first-order valence-electron chi connectivity index (χ1n) is 19.4. The summed E-state index contributed by atoms with van der Waals surface area (Å²) < 4.78 is 11.9. The lowest BCUT2D eigenvalue weighted by atomic mass is 10.0. The molecule has 3 heteroatoms. The monoisotopic (exact) mass is 594 g/mol. The van der Waals surface area contributed by atoms with E-state index in [0.717, 1.165) is 19.6 Å². The molecule has 0 aliphatic carbocycles. The van der Waals surface area contributed by atoms with E-state index in [-0.39, 0.29) is 6.10 Å². The van der Waals surface area contributed by atoms with Crippen molar-refractivity contribution in [1.29, 1.82) is 0 Å². The topological polar surface area (TPSA) is 44.5 Å². The van der Waals surface area contributed by atoms with E-state index >= 15 is 0 Å². The van der Waals surface area contributed by atoms with Gasteiger partial charge in [-0.05, 0) is 38.5 Å². The van der Waals surface area contributed by atoms with Gasteiger partial charge in [-0.3, -0.25) is 0 Å². The smallest absolute Gasteiger partial charge is 0.0930 e. The average Bonchev–Trinajstić information content (AvgIpc) is 3.00. The summed E-state index contributed by atoms with van der Waals surface area (Å²) in [4.78, 5) is 0. The van der Waals surface area contributed by atoms with Gasteiger partial charge in [0.1, 0.15) is 0 Å². The fourth-order valence-electron chi connectivity index (χ4n) is 5.75. The zero-order valence-corrected chi connectivity index (χ0v) is 29.2. The molecule has 0 heterocycles. The van der Waals surface area contributed by atoms with Gasteiger partial charge >= 0.3 is 0 Å². The maximum atomic E-state index is 5.98. The Morgan fingerprint density at radius 2 is 0.762 bits per heavy atom. The maximum absolute atomic E-state index is 5.98. The lowest BCUT2D eigenvalue weighted by Gasteiger charge is -2.16. The molecule has 42 heavy (non-hydrogen) atoms. The standard InChI is InChI=1S/C39H79NO2/c1-3-5-7-9-11-13-15-17-19-21-23-25-27-29-31-33-35-41-38-39(37-40)42-36-34-32-30-28-26-24-22-20-18-16-14-12-10-8-6-4-2/h18,20,39H,3-17,19,21-38,40H2,1-2H3/b20-18+. The van der Waals surface area contributed by atoms with Crippen LogP contribution in [0.2, 0.25) is 0 Å². The minimum Gasteiger partial charge on any atom is -0.379 e. The van der Waals surface area contributed by atoms with Crippen LogP contribution >= 0.6 is 0 Å². The number of nitrogens with two attached hydrogens (primary N) is 1. The highest BCUT2D eigenvalue weighted by Crippen LogP contribution is 2.14. The molecule has 0 aromatic heterocycles. The Kier molecular flexibility index (Phi) is 38.3. The number of unbranched alkanes of at least 4 members (excludes halogenated alkanes) is 27. The summed E-state index contributed by atoms with van der Waals surface area (Å²) in [5.41, 5.74) is 5.91. The quantitative estimate of drug-likeness (QED) is 0.0575. The van der Waals surface area contributed by atoms with E-state index in [1.54, 1.807) is 0 Å². The zero-order valence-electron chi connectivity index (χ0n) is 29.2. The van der Waals surface area contributed by atoms with Gasteiger partial charge in [-0.25, -0.2) is 0 Å². The zero-order chi connectivity index (χ0) is 30.4. The van der Waals surface area contributed by atoms with E-state index in [1.165, 1.54) is 186 Å². The van der Waals surface area contributed by atoms with Gasteiger partial charge < -0.3 is 15.2 Å². The summed E-state index contributed by atoms with van der Waals surface area (Å²) in [6.07, 6.45) is 46.1. The Balaban J connectivity index is 3.28. The van der Waals surface area contributed by atoms with Crippen LogP contribution in [0.25, 0.3) is 0 Å². The third-order valence-corrected chi connectivity index (χ3v) is 8.72. The molecule has 0 saturated carbocycles. The van der Waals surface area contributed by atoms with Crippen molar-refractivity contribution in [1.82, 2.24) is 0 Å². The Bertz CT molecular complexity index is 495. The van der Waals surface area contributed by atoms with E-state index < -0.39 is 0 Å². The molecule has 0 aliphatic heterocycles. The van der Waals surface area contributed by atoms with Crippen LogP contribution in [-0.4, -0.2) is 32.5 Å². The Morgan fingerprint density at radius 1 is 0.429 bits per heavy atom. The number of hydrogen-bond donors (Lipinski definition) is 1. The number of allylic oxidation sites excluding steroid dienone is 2. The number of ether oxygens (including phenoxy) is 2. The predicted octanol–water partition coefficient (Wildman–Crippen LogP) is 12.6. The lowest BCUT2D eigenvalue weighted by Crippen LogP contribution is -2.29. The van der Waals surface area contributed by atoms with Gasteiger partial charge in [0.25, 0.3) is 0 Å². The second-order valence-electron chi connectivity index (χ2n) is 13.0. The number of hydrogen-bond acceptors (Lipinski definition) is 3. The molecule has 0 aromatic carbocycles. The van der Waals surface area contributed by atoms with E-state index in [9.17, 15) is 0 Å². The van der Waals surface area contributed by atoms with Gasteiger partial charge in [-0.15, -0.1) is 0 Å². The van der Waals surface area contributed by atoms with E-state index in [2.05, 4.69) is 26.0 Å². The second kappa shape index (κ2) is 38.6. The summed E-state index contributed by atoms with van der Waals surface area (Å²) in [6.45, 7) is 7.48. The van der Waals surface area contributed by atoms with Crippen molar-refractivity contribution in [3.63, 3.8) is 0 Å². The third kappa shape index (κ3) is 35.8. The molecule has 0 amide bonds. The Labute approximate surface area is 265 Å². The molecule has 0 radical (unpaired) electrons. The molecule has 252 valence electrons. The first kappa shape index (κ1) is 41.6. The first-order chi connectivity index (χ1) is 20.8. The van der Waals surface area contributed by atoms with Crippen molar-refractivity contribution < 1.29 is 9.47 Å². The van der Waals surface area contributed by atoms with Gasteiger partial charge in [0.15, 0.2) is 0 Å². The molecule has 0 fully saturated rings. The second-order valence-corrected chi connectivity index (χ2v) is 13.0. The third-order valence-electron chi connectivity index (χ3n) is 8.72. The van der Waals surface area contributed by atoms with Crippen LogP contribution in [0.4, 0.5) is 0 Å². The molecule has 2 N–H and O–H groups in total. The van der Waals surface area contributed by atoms with Gasteiger partial charge in [-0.2, -0.15) is 0 Å². The molecular formula is C39H79NO2. The molecular weight excluding hydrogens is 514 g/mol. The van der Waals surface area contributed by atoms with Crippen molar-refractivity contribution in [3.8, 4) is 0 Å². The van der Waals surface area contributed by atoms with Gasteiger partial charge in [0, 0.05) is 19.8 Å². The normalized spacial score (nSPS) is 12.5. The lowest BCUT2D eigenvalue weighted by molar-refractivity contribution is -0.0136. The predicted molar refractivity (Wildman–Crippen MR) is 189 cm³/mol. The largest absolute Gasteiger partial charge is 0.379 e. The SMILES string of the molecule is CCCCCCCC/C=C/CCCCCCCCOC(CN)COCCCCCCCCCCCCCCCCCC. The fourth-order valence-corrected chi connectivity index (χ4v) is 5.75. The molecule has 0 bridgehead atoms. The molecule has 0 rings (SSSR count). The van der Waals surface area contributed by atoms with Crippen LogP contribution in [-0.2, 0) is 9.47 Å². The van der Waals surface area contributed by atoms with Crippen LogP contribution in [0.3, 0.4) is 0 Å². The highest BCUT2D eigenvalue weighted by Gasteiger charge is 2.07. The molecule has 3 nitrogen and oxygen atoms in total. The van der Waals surface area contributed by atoms with Crippen molar-refractivity contribution in [2.45, 2.75) is 213 Å². The summed E-state index contributed by atoms with van der Waals surface area (Å²) in [5.74, 6) is 0. The molecule has 1 unspecified atom stereocenters. The molecule has 0 saturated heterocycles. The summed E-state index contributed by atoms with van der Waals surface area (Å²) in [6, 6.07) is 0. The minimum absolute atomic E-state index is 0.0641. The average molecular weight is 594 g/mol. The van der Waals surface area contributed by atoms with Gasteiger partial charge in [0.05, 0.1) is 12.7 Å². The molecule has 0 aliphatic rings. The van der Waals surface area contributed by atoms with Crippen LogP contribution < -0.4 is 5.73 Å². The summed E-state index contributed by atoms with van der Waals surface area (Å²) >= 11 is 0. The highest BCUT2D eigenvalue weighted by molar-refractivity contribution is 4.81. The first-order valence-corrected chi connectivity index (χ1v) is 19.4. The van der Waals surface area contributed by atoms with Crippen molar-refractivity contribution in [3.05, 3.63) is 12.2 Å².